The van der Waals surface area contributed by atoms with Gasteiger partial charge in [0.25, 0.3) is 5.91 Å². The van der Waals surface area contributed by atoms with Crippen molar-refractivity contribution in [1.82, 2.24) is 15.5 Å². The topological polar surface area (TPSA) is 84.0 Å². The number of carbonyl (C=O) groups excluding carboxylic acids is 2. The van der Waals surface area contributed by atoms with E-state index in [0.29, 0.717) is 15.2 Å². The van der Waals surface area contributed by atoms with Gasteiger partial charge >= 0.3 is 0 Å². The number of aromatic nitrogens is 2. The fourth-order valence-corrected chi connectivity index (χ4v) is 4.02. The van der Waals surface area contributed by atoms with Crippen LogP contribution in [-0.4, -0.2) is 28.1 Å². The second kappa shape index (κ2) is 9.55. The van der Waals surface area contributed by atoms with Crippen LogP contribution in [0.1, 0.15) is 29.8 Å². The lowest BCUT2D eigenvalue weighted by molar-refractivity contribution is -0.118. The standard InChI is InChI=1S/C21H20Cl2N4O2S/c1-11(2)17(24-18(28)15-8-7-14(22)10-16(15)23)19(29)25-21-27-26-20(30-21)13-6-4-5-12(3)9-13/h4-11,17H,1-3H3,(H,24,28)(H,25,27,29). The van der Waals surface area contributed by atoms with Crippen LogP contribution in [0.25, 0.3) is 10.6 Å². The highest BCUT2D eigenvalue weighted by Crippen LogP contribution is 2.27. The van der Waals surface area contributed by atoms with Crippen molar-refractivity contribution in [2.24, 2.45) is 5.92 Å². The van der Waals surface area contributed by atoms with Crippen molar-refractivity contribution in [3.63, 3.8) is 0 Å². The van der Waals surface area contributed by atoms with Gasteiger partial charge in [0.2, 0.25) is 11.0 Å². The molecule has 2 N–H and O–H groups in total. The van der Waals surface area contributed by atoms with Gasteiger partial charge in [-0.3, -0.25) is 14.9 Å². The molecule has 0 radical (unpaired) electrons. The van der Waals surface area contributed by atoms with Gasteiger partial charge in [-0.1, -0.05) is 72.1 Å². The maximum atomic E-state index is 12.8. The molecule has 0 aliphatic carbocycles. The van der Waals surface area contributed by atoms with Gasteiger partial charge in [-0.25, -0.2) is 0 Å². The second-order valence-electron chi connectivity index (χ2n) is 7.09. The number of anilines is 1. The van der Waals surface area contributed by atoms with E-state index >= 15 is 0 Å². The SMILES string of the molecule is Cc1cccc(-c2nnc(NC(=O)C(NC(=O)c3ccc(Cl)cc3Cl)C(C)C)s2)c1. The highest BCUT2D eigenvalue weighted by molar-refractivity contribution is 7.18. The minimum Gasteiger partial charge on any atom is -0.340 e. The monoisotopic (exact) mass is 462 g/mol. The lowest BCUT2D eigenvalue weighted by atomic mass is 10.0. The molecule has 3 aromatic rings. The van der Waals surface area contributed by atoms with E-state index in [4.69, 9.17) is 23.2 Å². The molecule has 0 aliphatic rings. The van der Waals surface area contributed by atoms with Crippen LogP contribution in [0.4, 0.5) is 5.13 Å². The molecule has 0 bridgehead atoms. The van der Waals surface area contributed by atoms with E-state index in [9.17, 15) is 9.59 Å². The van der Waals surface area contributed by atoms with E-state index < -0.39 is 11.9 Å². The van der Waals surface area contributed by atoms with Gasteiger partial charge in [0.1, 0.15) is 11.0 Å². The summed E-state index contributed by atoms with van der Waals surface area (Å²) in [6.45, 7) is 5.68. The maximum absolute atomic E-state index is 12.8. The number of hydrogen-bond donors (Lipinski definition) is 2. The average Bonchev–Trinajstić information content (AvgIpc) is 3.14. The summed E-state index contributed by atoms with van der Waals surface area (Å²) in [7, 11) is 0. The number of rotatable bonds is 6. The van der Waals surface area contributed by atoms with Crippen LogP contribution in [-0.2, 0) is 4.79 Å². The van der Waals surface area contributed by atoms with Crippen LogP contribution in [0.5, 0.6) is 0 Å². The predicted molar refractivity (Wildman–Crippen MR) is 121 cm³/mol. The predicted octanol–water partition coefficient (Wildman–Crippen LogP) is 5.21. The molecule has 156 valence electrons. The molecule has 1 atom stereocenters. The van der Waals surface area contributed by atoms with Gasteiger partial charge in [-0.15, -0.1) is 10.2 Å². The third-order valence-electron chi connectivity index (χ3n) is 4.33. The first-order valence-corrected chi connectivity index (χ1v) is 10.8. The first-order valence-electron chi connectivity index (χ1n) is 9.22. The number of nitrogens with one attached hydrogen (secondary N) is 2. The molecule has 3 rings (SSSR count). The fraction of sp³-hybridized carbons (Fsp3) is 0.238. The van der Waals surface area contributed by atoms with E-state index in [0.717, 1.165) is 11.1 Å². The van der Waals surface area contributed by atoms with Crippen LogP contribution >= 0.6 is 34.5 Å². The summed E-state index contributed by atoms with van der Waals surface area (Å²) >= 11 is 13.3. The van der Waals surface area contributed by atoms with E-state index in [1.807, 2.05) is 45.0 Å². The van der Waals surface area contributed by atoms with Gasteiger partial charge in [0.05, 0.1) is 10.6 Å². The highest BCUT2D eigenvalue weighted by Gasteiger charge is 2.26. The number of aryl methyl sites for hydroxylation is 1. The van der Waals surface area contributed by atoms with Crippen LogP contribution in [0.2, 0.25) is 10.0 Å². The summed E-state index contributed by atoms with van der Waals surface area (Å²) in [4.78, 5) is 25.4. The van der Waals surface area contributed by atoms with Crippen LogP contribution < -0.4 is 10.6 Å². The molecule has 1 unspecified atom stereocenters. The zero-order valence-electron chi connectivity index (χ0n) is 16.6. The summed E-state index contributed by atoms with van der Waals surface area (Å²) in [5, 5.41) is 15.4. The van der Waals surface area contributed by atoms with Crippen molar-refractivity contribution in [2.45, 2.75) is 26.8 Å². The van der Waals surface area contributed by atoms with Gasteiger partial charge in [-0.2, -0.15) is 0 Å². The van der Waals surface area contributed by atoms with E-state index in [1.54, 1.807) is 6.07 Å². The zero-order valence-corrected chi connectivity index (χ0v) is 18.9. The number of halogens is 2. The van der Waals surface area contributed by atoms with Crippen molar-refractivity contribution >= 4 is 51.5 Å². The van der Waals surface area contributed by atoms with Crippen molar-refractivity contribution < 1.29 is 9.59 Å². The largest absolute Gasteiger partial charge is 0.340 e. The minimum atomic E-state index is -0.782. The van der Waals surface area contributed by atoms with Gasteiger partial charge in [0, 0.05) is 10.6 Å². The molecule has 0 saturated carbocycles. The van der Waals surface area contributed by atoms with Gasteiger partial charge in [0.15, 0.2) is 0 Å². The normalized spacial score (nSPS) is 11.9. The Hall–Kier alpha value is -2.48. The summed E-state index contributed by atoms with van der Waals surface area (Å²) in [6, 6.07) is 11.7. The number of hydrogen-bond acceptors (Lipinski definition) is 5. The summed E-state index contributed by atoms with van der Waals surface area (Å²) in [5.74, 6) is -0.997. The summed E-state index contributed by atoms with van der Waals surface area (Å²) in [6.07, 6.45) is 0. The van der Waals surface area contributed by atoms with Crippen molar-refractivity contribution in [2.75, 3.05) is 5.32 Å². The second-order valence-corrected chi connectivity index (χ2v) is 8.91. The molecule has 9 heteroatoms. The van der Waals surface area contributed by atoms with Crippen LogP contribution in [0, 0.1) is 12.8 Å². The Morgan fingerprint density at radius 1 is 1.07 bits per heavy atom. The van der Waals surface area contributed by atoms with Gasteiger partial charge in [-0.05, 0) is 37.1 Å². The number of nitrogens with zero attached hydrogens (tertiary/aromatic N) is 2. The fourth-order valence-electron chi connectivity index (χ4n) is 2.78. The number of amides is 2. The minimum absolute atomic E-state index is 0.163. The lowest BCUT2D eigenvalue weighted by Crippen LogP contribution is -2.47. The smallest absolute Gasteiger partial charge is 0.253 e. The highest BCUT2D eigenvalue weighted by atomic mass is 35.5. The molecule has 2 amide bonds. The molecule has 1 aromatic heterocycles. The Kier molecular flexibility index (Phi) is 7.07. The van der Waals surface area contributed by atoms with Crippen LogP contribution in [0.15, 0.2) is 42.5 Å². The van der Waals surface area contributed by atoms with E-state index in [-0.39, 0.29) is 22.4 Å². The molecule has 30 heavy (non-hydrogen) atoms. The van der Waals surface area contributed by atoms with Crippen LogP contribution in [0.3, 0.4) is 0 Å². The third kappa shape index (κ3) is 5.36. The molecule has 0 aliphatic heterocycles. The molecular weight excluding hydrogens is 443 g/mol. The number of benzene rings is 2. The average molecular weight is 463 g/mol. The zero-order chi connectivity index (χ0) is 21.8. The lowest BCUT2D eigenvalue weighted by Gasteiger charge is -2.21. The molecule has 0 fully saturated rings. The summed E-state index contributed by atoms with van der Waals surface area (Å²) < 4.78 is 0. The Balaban J connectivity index is 1.72. The molecule has 6 nitrogen and oxygen atoms in total. The Morgan fingerprint density at radius 3 is 2.50 bits per heavy atom. The molecule has 2 aromatic carbocycles. The molecule has 0 spiro atoms. The van der Waals surface area contributed by atoms with Gasteiger partial charge < -0.3 is 5.32 Å². The number of carbonyl (C=O) groups is 2. The van der Waals surface area contributed by atoms with Crippen molar-refractivity contribution in [3.05, 3.63) is 63.6 Å². The first kappa shape index (κ1) is 22.2. The van der Waals surface area contributed by atoms with E-state index in [2.05, 4.69) is 20.8 Å². The maximum Gasteiger partial charge on any atom is 0.253 e. The van der Waals surface area contributed by atoms with Crippen molar-refractivity contribution in [3.8, 4) is 10.6 Å². The molecule has 1 heterocycles. The molecular formula is C21H20Cl2N4O2S. The first-order chi connectivity index (χ1) is 14.2. The Labute approximate surface area is 188 Å². The van der Waals surface area contributed by atoms with Crippen molar-refractivity contribution in [1.29, 1.82) is 0 Å². The molecule has 0 saturated heterocycles. The summed E-state index contributed by atoms with van der Waals surface area (Å²) in [5.41, 5.74) is 2.29. The third-order valence-corrected chi connectivity index (χ3v) is 5.77. The van der Waals surface area contributed by atoms with E-state index in [1.165, 1.54) is 23.5 Å². The Bertz CT molecular complexity index is 1080. The quantitative estimate of drug-likeness (QED) is 0.526. The Morgan fingerprint density at radius 2 is 1.83 bits per heavy atom.